The van der Waals surface area contributed by atoms with Gasteiger partial charge in [-0.15, -0.1) is 0 Å². The van der Waals surface area contributed by atoms with Crippen LogP contribution in [0.1, 0.15) is 45.4 Å². The van der Waals surface area contributed by atoms with E-state index in [1.807, 2.05) is 0 Å². The fraction of sp³-hybridized carbons (Fsp3) is 0.533. The van der Waals surface area contributed by atoms with Crippen LogP contribution in [0.3, 0.4) is 0 Å². The molecule has 1 heterocycles. The Labute approximate surface area is 124 Å². The molecule has 116 valence electrons. The number of hydrogen-bond acceptors (Lipinski definition) is 4. The molecule has 0 saturated heterocycles. The Morgan fingerprint density at radius 2 is 2.00 bits per heavy atom. The zero-order chi connectivity index (χ0) is 15.5. The number of carbonyl (C=O) groups is 2. The van der Waals surface area contributed by atoms with E-state index in [9.17, 15) is 9.59 Å². The summed E-state index contributed by atoms with van der Waals surface area (Å²) in [5.41, 5.74) is 2.10. The molecule has 2 amide bonds. The van der Waals surface area contributed by atoms with Gasteiger partial charge in [-0.25, -0.2) is 5.48 Å². The number of carbonyl (C=O) groups excluding carboxylic acids is 2. The van der Waals surface area contributed by atoms with Crippen molar-refractivity contribution in [1.29, 1.82) is 0 Å². The first-order chi connectivity index (χ1) is 10.2. The minimum Gasteiger partial charge on any atom is -0.324 e. The van der Waals surface area contributed by atoms with Gasteiger partial charge in [0.25, 0.3) is 5.91 Å². The predicted octanol–water partition coefficient (Wildman–Crippen LogP) is 2.50. The van der Waals surface area contributed by atoms with Gasteiger partial charge in [0, 0.05) is 6.20 Å². The summed E-state index contributed by atoms with van der Waals surface area (Å²) in [6, 6.07) is 3.39. The van der Waals surface area contributed by atoms with Crippen LogP contribution in [0, 0.1) is 5.92 Å². The molecule has 0 saturated carbocycles. The third-order valence-electron chi connectivity index (χ3n) is 3.27. The molecule has 1 aromatic rings. The van der Waals surface area contributed by atoms with Crippen LogP contribution >= 0.6 is 0 Å². The van der Waals surface area contributed by atoms with Crippen molar-refractivity contribution in [1.82, 2.24) is 10.5 Å². The van der Waals surface area contributed by atoms with Gasteiger partial charge in [-0.1, -0.05) is 39.0 Å². The first-order valence-electron chi connectivity index (χ1n) is 7.33. The van der Waals surface area contributed by atoms with Crippen molar-refractivity contribution >= 4 is 17.5 Å². The molecule has 0 fully saturated rings. The molecule has 3 N–H and O–H groups in total. The van der Waals surface area contributed by atoms with Crippen LogP contribution in [-0.4, -0.2) is 22.0 Å². The Hall–Kier alpha value is -1.95. The lowest BCUT2D eigenvalue weighted by molar-refractivity contribution is -0.139. The minimum atomic E-state index is -0.892. The summed E-state index contributed by atoms with van der Waals surface area (Å²) in [5.74, 6) is -1.99. The van der Waals surface area contributed by atoms with Crippen molar-refractivity contribution in [2.24, 2.45) is 5.92 Å². The molecule has 0 aliphatic rings. The van der Waals surface area contributed by atoms with Gasteiger partial charge in [-0.2, -0.15) is 0 Å². The van der Waals surface area contributed by atoms with Crippen molar-refractivity contribution in [3.8, 4) is 0 Å². The molecular weight excluding hydrogens is 270 g/mol. The molecule has 1 unspecified atom stereocenters. The fourth-order valence-corrected chi connectivity index (χ4v) is 2.08. The molecule has 0 aliphatic carbocycles. The summed E-state index contributed by atoms with van der Waals surface area (Å²) in [6.07, 6.45) is 8.66. The van der Waals surface area contributed by atoms with Gasteiger partial charge < -0.3 is 5.32 Å². The number of nitrogens with zero attached hydrogens (tertiary/aromatic N) is 1. The first kappa shape index (κ1) is 17.1. The Morgan fingerprint density at radius 1 is 1.24 bits per heavy atom. The molecule has 21 heavy (non-hydrogen) atoms. The SMILES string of the molecule is CCCCCCCC(C(=O)NO)C(=O)Nc1cccnc1. The molecular formula is C15H23N3O3. The molecule has 1 rings (SSSR count). The molecule has 1 atom stereocenters. The van der Waals surface area contributed by atoms with E-state index in [0.29, 0.717) is 12.1 Å². The summed E-state index contributed by atoms with van der Waals surface area (Å²) in [5, 5.41) is 11.4. The molecule has 6 nitrogen and oxygen atoms in total. The lowest BCUT2D eigenvalue weighted by atomic mass is 9.98. The van der Waals surface area contributed by atoms with Crippen LogP contribution in [0.25, 0.3) is 0 Å². The fourth-order valence-electron chi connectivity index (χ4n) is 2.08. The van der Waals surface area contributed by atoms with Crippen LogP contribution in [0.2, 0.25) is 0 Å². The van der Waals surface area contributed by atoms with Gasteiger partial charge in [0.2, 0.25) is 5.91 Å². The molecule has 1 aromatic heterocycles. The van der Waals surface area contributed by atoms with Crippen molar-refractivity contribution in [2.45, 2.75) is 45.4 Å². The van der Waals surface area contributed by atoms with E-state index in [0.717, 1.165) is 32.1 Å². The van der Waals surface area contributed by atoms with Gasteiger partial charge >= 0.3 is 0 Å². The standard InChI is InChI=1S/C15H23N3O3/c1-2-3-4-5-6-9-13(15(20)18-21)14(19)17-12-8-7-10-16-11-12/h7-8,10-11,13,21H,2-6,9H2,1H3,(H,17,19)(H,18,20). The lowest BCUT2D eigenvalue weighted by Gasteiger charge is -2.14. The maximum absolute atomic E-state index is 12.1. The van der Waals surface area contributed by atoms with E-state index in [2.05, 4.69) is 17.2 Å². The second kappa shape index (κ2) is 9.88. The zero-order valence-corrected chi connectivity index (χ0v) is 12.3. The second-order valence-electron chi connectivity index (χ2n) is 4.96. The van der Waals surface area contributed by atoms with Crippen LogP contribution < -0.4 is 10.8 Å². The van der Waals surface area contributed by atoms with Crippen LogP contribution in [0.5, 0.6) is 0 Å². The first-order valence-corrected chi connectivity index (χ1v) is 7.33. The van der Waals surface area contributed by atoms with Crippen LogP contribution in [0.4, 0.5) is 5.69 Å². The van der Waals surface area contributed by atoms with E-state index >= 15 is 0 Å². The molecule has 0 radical (unpaired) electrons. The van der Waals surface area contributed by atoms with Crippen molar-refractivity contribution in [3.63, 3.8) is 0 Å². The largest absolute Gasteiger partial charge is 0.324 e. The summed E-state index contributed by atoms with van der Waals surface area (Å²) in [7, 11) is 0. The Bertz CT molecular complexity index is 437. The highest BCUT2D eigenvalue weighted by atomic mass is 16.5. The summed E-state index contributed by atoms with van der Waals surface area (Å²) < 4.78 is 0. The number of pyridine rings is 1. The number of unbranched alkanes of at least 4 members (excludes halogenated alkanes) is 4. The number of rotatable bonds is 9. The third-order valence-corrected chi connectivity index (χ3v) is 3.27. The number of hydroxylamine groups is 1. The zero-order valence-electron chi connectivity index (χ0n) is 12.3. The van der Waals surface area contributed by atoms with Gasteiger partial charge in [0.15, 0.2) is 0 Å². The average molecular weight is 293 g/mol. The second-order valence-corrected chi connectivity index (χ2v) is 4.96. The van der Waals surface area contributed by atoms with E-state index in [-0.39, 0.29) is 0 Å². The summed E-state index contributed by atoms with van der Waals surface area (Å²) in [6.45, 7) is 2.13. The van der Waals surface area contributed by atoms with Crippen LogP contribution in [0.15, 0.2) is 24.5 Å². The topological polar surface area (TPSA) is 91.3 Å². The highest BCUT2D eigenvalue weighted by Crippen LogP contribution is 2.15. The molecule has 0 aliphatic heterocycles. The van der Waals surface area contributed by atoms with Gasteiger partial charge in [0.05, 0.1) is 11.9 Å². The van der Waals surface area contributed by atoms with E-state index < -0.39 is 17.7 Å². The van der Waals surface area contributed by atoms with Crippen molar-refractivity contribution < 1.29 is 14.8 Å². The van der Waals surface area contributed by atoms with E-state index in [4.69, 9.17) is 5.21 Å². The normalized spacial score (nSPS) is 11.7. The van der Waals surface area contributed by atoms with Crippen LogP contribution in [-0.2, 0) is 9.59 Å². The van der Waals surface area contributed by atoms with Crippen molar-refractivity contribution in [3.05, 3.63) is 24.5 Å². The number of anilines is 1. The number of amides is 2. The van der Waals surface area contributed by atoms with E-state index in [1.54, 1.807) is 23.8 Å². The third kappa shape index (κ3) is 6.35. The maximum atomic E-state index is 12.1. The van der Waals surface area contributed by atoms with Crippen molar-refractivity contribution in [2.75, 3.05) is 5.32 Å². The summed E-state index contributed by atoms with van der Waals surface area (Å²) in [4.78, 5) is 27.6. The van der Waals surface area contributed by atoms with Gasteiger partial charge in [-0.05, 0) is 18.6 Å². The van der Waals surface area contributed by atoms with Gasteiger partial charge in [-0.3, -0.25) is 19.8 Å². The lowest BCUT2D eigenvalue weighted by Crippen LogP contribution is -2.36. The monoisotopic (exact) mass is 293 g/mol. The molecule has 6 heteroatoms. The van der Waals surface area contributed by atoms with E-state index in [1.165, 1.54) is 6.20 Å². The number of aromatic nitrogens is 1. The number of nitrogens with one attached hydrogen (secondary N) is 2. The number of hydrogen-bond donors (Lipinski definition) is 3. The summed E-state index contributed by atoms with van der Waals surface area (Å²) >= 11 is 0. The highest BCUT2D eigenvalue weighted by molar-refractivity contribution is 6.06. The van der Waals surface area contributed by atoms with Gasteiger partial charge in [0.1, 0.15) is 5.92 Å². The quantitative estimate of drug-likeness (QED) is 0.282. The Balaban J connectivity index is 2.52. The highest BCUT2D eigenvalue weighted by Gasteiger charge is 2.26. The predicted molar refractivity (Wildman–Crippen MR) is 79.7 cm³/mol. The molecule has 0 spiro atoms. The molecule has 0 aromatic carbocycles. The smallest absolute Gasteiger partial charge is 0.255 e. The Morgan fingerprint density at radius 3 is 2.62 bits per heavy atom. The maximum Gasteiger partial charge on any atom is 0.255 e. The minimum absolute atomic E-state index is 0.419. The molecule has 0 bridgehead atoms. The Kier molecular flexibility index (Phi) is 8.04. The average Bonchev–Trinajstić information content (AvgIpc) is 2.51.